The van der Waals surface area contributed by atoms with E-state index < -0.39 is 34.5 Å². The summed E-state index contributed by atoms with van der Waals surface area (Å²) in [5, 5.41) is 32.7. The Morgan fingerprint density at radius 1 is 1.48 bits per heavy atom. The van der Waals surface area contributed by atoms with Gasteiger partial charge in [-0.1, -0.05) is 11.6 Å². The standard InChI is InChI=1S/C13H18ClN3O6/c1-13(2,3)23-12(20)16-6-9(18)11(19)7-4-15-5-8(10(7)14)17(21)22/h4-5,9,11,18-19H,6H2,1-3H3,(H,16,20). The van der Waals surface area contributed by atoms with Crippen molar-refractivity contribution < 1.29 is 24.7 Å². The largest absolute Gasteiger partial charge is 0.444 e. The minimum absolute atomic E-state index is 0.112. The molecule has 0 saturated carbocycles. The summed E-state index contributed by atoms with van der Waals surface area (Å²) in [7, 11) is 0. The topological polar surface area (TPSA) is 135 Å². The van der Waals surface area contributed by atoms with Crippen LogP contribution in [-0.2, 0) is 4.74 Å². The molecule has 3 N–H and O–H groups in total. The Hall–Kier alpha value is -1.97. The summed E-state index contributed by atoms with van der Waals surface area (Å²) in [5.74, 6) is 0. The fourth-order valence-corrected chi connectivity index (χ4v) is 1.88. The average Bonchev–Trinajstić information content (AvgIpc) is 2.42. The lowest BCUT2D eigenvalue weighted by atomic mass is 10.1. The molecular formula is C13H18ClN3O6. The predicted octanol–water partition coefficient (Wildman–Crippen LogP) is 1.56. The Balaban J connectivity index is 2.74. The van der Waals surface area contributed by atoms with E-state index in [0.29, 0.717) is 0 Å². The van der Waals surface area contributed by atoms with Crippen molar-refractivity contribution >= 4 is 23.4 Å². The third kappa shape index (κ3) is 5.62. The van der Waals surface area contributed by atoms with E-state index in [1.165, 1.54) is 0 Å². The van der Waals surface area contributed by atoms with E-state index in [9.17, 15) is 25.1 Å². The molecule has 0 spiro atoms. The van der Waals surface area contributed by atoms with E-state index in [0.717, 1.165) is 12.4 Å². The predicted molar refractivity (Wildman–Crippen MR) is 81.1 cm³/mol. The minimum atomic E-state index is -1.56. The summed E-state index contributed by atoms with van der Waals surface area (Å²) in [5.41, 5.74) is -1.31. The number of aromatic nitrogens is 1. The molecule has 2 atom stereocenters. The highest BCUT2D eigenvalue weighted by Crippen LogP contribution is 2.31. The Morgan fingerprint density at radius 3 is 2.61 bits per heavy atom. The average molecular weight is 348 g/mol. The van der Waals surface area contributed by atoms with Crippen molar-refractivity contribution in [3.63, 3.8) is 0 Å². The number of hydrogen-bond acceptors (Lipinski definition) is 7. The maximum Gasteiger partial charge on any atom is 0.407 e. The van der Waals surface area contributed by atoms with Crippen LogP contribution < -0.4 is 5.32 Å². The van der Waals surface area contributed by atoms with Gasteiger partial charge in [-0.15, -0.1) is 0 Å². The van der Waals surface area contributed by atoms with Crippen LogP contribution in [0.3, 0.4) is 0 Å². The Kier molecular flexibility index (Phi) is 6.25. The van der Waals surface area contributed by atoms with Gasteiger partial charge in [0.05, 0.1) is 4.92 Å². The number of hydrogen-bond donors (Lipinski definition) is 3. The fourth-order valence-electron chi connectivity index (χ4n) is 1.60. The second kappa shape index (κ2) is 7.53. The number of alkyl carbamates (subject to hydrolysis) is 1. The SMILES string of the molecule is CC(C)(C)OC(=O)NCC(O)C(O)c1cncc([N+](=O)[O-])c1Cl. The maximum atomic E-state index is 11.5. The summed E-state index contributed by atoms with van der Waals surface area (Å²) in [6.07, 6.45) is -1.75. The molecule has 128 valence electrons. The number of aliphatic hydroxyl groups excluding tert-OH is 2. The van der Waals surface area contributed by atoms with Crippen molar-refractivity contribution in [1.82, 2.24) is 10.3 Å². The highest BCUT2D eigenvalue weighted by Gasteiger charge is 2.27. The zero-order chi connectivity index (χ0) is 17.8. The van der Waals surface area contributed by atoms with E-state index in [2.05, 4.69) is 10.3 Å². The molecule has 23 heavy (non-hydrogen) atoms. The molecule has 1 rings (SSSR count). The molecule has 0 aliphatic heterocycles. The van der Waals surface area contributed by atoms with E-state index in [1.807, 2.05) is 0 Å². The van der Waals surface area contributed by atoms with Crippen molar-refractivity contribution in [2.24, 2.45) is 0 Å². The molecule has 0 aliphatic carbocycles. The van der Waals surface area contributed by atoms with Crippen LogP contribution in [0.2, 0.25) is 5.02 Å². The first-order valence-corrected chi connectivity index (χ1v) is 7.01. The second-order valence-electron chi connectivity index (χ2n) is 5.71. The lowest BCUT2D eigenvalue weighted by Crippen LogP contribution is -2.38. The summed E-state index contributed by atoms with van der Waals surface area (Å²) >= 11 is 5.83. The highest BCUT2D eigenvalue weighted by atomic mass is 35.5. The quantitative estimate of drug-likeness (QED) is 0.543. The van der Waals surface area contributed by atoms with Crippen molar-refractivity contribution in [1.29, 1.82) is 0 Å². The molecule has 1 amide bonds. The van der Waals surface area contributed by atoms with Gasteiger partial charge < -0.3 is 20.3 Å². The first kappa shape index (κ1) is 19.1. The maximum absolute atomic E-state index is 11.5. The molecule has 1 aromatic heterocycles. The molecule has 2 unspecified atom stereocenters. The third-order valence-corrected chi connectivity index (χ3v) is 3.03. The van der Waals surface area contributed by atoms with Crippen molar-refractivity contribution in [3.8, 4) is 0 Å². The molecule has 0 saturated heterocycles. The Bertz CT molecular complexity index is 590. The van der Waals surface area contributed by atoms with E-state index in [4.69, 9.17) is 16.3 Å². The first-order chi connectivity index (χ1) is 10.5. The van der Waals surface area contributed by atoms with Gasteiger partial charge in [-0.05, 0) is 20.8 Å². The van der Waals surface area contributed by atoms with Gasteiger partial charge in [0.2, 0.25) is 0 Å². The number of pyridine rings is 1. The van der Waals surface area contributed by atoms with Gasteiger partial charge in [0.1, 0.15) is 29.0 Å². The second-order valence-corrected chi connectivity index (χ2v) is 6.09. The molecule has 0 fully saturated rings. The lowest BCUT2D eigenvalue weighted by Gasteiger charge is -2.22. The number of nitrogens with zero attached hydrogens (tertiary/aromatic N) is 2. The van der Waals surface area contributed by atoms with Crippen LogP contribution in [-0.4, -0.2) is 44.5 Å². The molecule has 1 heterocycles. The van der Waals surface area contributed by atoms with E-state index in [-0.39, 0.29) is 17.1 Å². The van der Waals surface area contributed by atoms with Crippen LogP contribution in [0.5, 0.6) is 0 Å². The fraction of sp³-hybridized carbons (Fsp3) is 0.538. The molecule has 0 bridgehead atoms. The normalized spacial score (nSPS) is 14.0. The summed E-state index contributed by atoms with van der Waals surface area (Å²) < 4.78 is 4.98. The smallest absolute Gasteiger partial charge is 0.407 e. The summed E-state index contributed by atoms with van der Waals surface area (Å²) in [6, 6.07) is 0. The van der Waals surface area contributed by atoms with Crippen LogP contribution in [0.1, 0.15) is 32.4 Å². The van der Waals surface area contributed by atoms with Crippen molar-refractivity contribution in [3.05, 3.63) is 33.1 Å². The number of aliphatic hydroxyl groups is 2. The van der Waals surface area contributed by atoms with Gasteiger partial charge in [0.15, 0.2) is 0 Å². The van der Waals surface area contributed by atoms with Crippen LogP contribution >= 0.6 is 11.6 Å². The van der Waals surface area contributed by atoms with Gasteiger partial charge in [-0.25, -0.2) is 4.79 Å². The third-order valence-electron chi connectivity index (χ3n) is 2.62. The number of nitrogens with one attached hydrogen (secondary N) is 1. The molecule has 10 heteroatoms. The Morgan fingerprint density at radius 2 is 2.09 bits per heavy atom. The van der Waals surface area contributed by atoms with Crippen molar-refractivity contribution in [2.45, 2.75) is 38.6 Å². The summed E-state index contributed by atoms with van der Waals surface area (Å²) in [4.78, 5) is 25.1. The number of amides is 1. The molecule has 9 nitrogen and oxygen atoms in total. The first-order valence-electron chi connectivity index (χ1n) is 6.63. The zero-order valence-corrected chi connectivity index (χ0v) is 13.6. The molecule has 1 aromatic rings. The zero-order valence-electron chi connectivity index (χ0n) is 12.8. The number of rotatable bonds is 5. The minimum Gasteiger partial charge on any atom is -0.444 e. The van der Waals surface area contributed by atoms with Gasteiger partial charge in [0, 0.05) is 18.3 Å². The monoisotopic (exact) mass is 347 g/mol. The molecule has 0 radical (unpaired) electrons. The van der Waals surface area contributed by atoms with Gasteiger partial charge >= 0.3 is 11.8 Å². The highest BCUT2D eigenvalue weighted by molar-refractivity contribution is 6.33. The van der Waals surface area contributed by atoms with Gasteiger partial charge in [-0.2, -0.15) is 0 Å². The number of halogens is 1. The van der Waals surface area contributed by atoms with Crippen LogP contribution in [0.4, 0.5) is 10.5 Å². The molecular weight excluding hydrogens is 330 g/mol. The van der Waals surface area contributed by atoms with E-state index in [1.54, 1.807) is 20.8 Å². The lowest BCUT2D eigenvalue weighted by molar-refractivity contribution is -0.385. The molecule has 0 aromatic carbocycles. The van der Waals surface area contributed by atoms with Crippen LogP contribution in [0.15, 0.2) is 12.4 Å². The Labute approximate surface area is 137 Å². The van der Waals surface area contributed by atoms with Crippen LogP contribution in [0, 0.1) is 10.1 Å². The number of carbonyl (C=O) groups excluding carboxylic acids is 1. The van der Waals surface area contributed by atoms with Crippen LogP contribution in [0.25, 0.3) is 0 Å². The molecule has 0 aliphatic rings. The number of carbonyl (C=O) groups is 1. The summed E-state index contributed by atoms with van der Waals surface area (Å²) in [6.45, 7) is 4.68. The number of ether oxygens (including phenoxy) is 1. The van der Waals surface area contributed by atoms with E-state index >= 15 is 0 Å². The van der Waals surface area contributed by atoms with Crippen molar-refractivity contribution in [2.75, 3.05) is 6.54 Å². The number of nitro groups is 1. The van der Waals surface area contributed by atoms with Gasteiger partial charge in [-0.3, -0.25) is 15.1 Å². The van der Waals surface area contributed by atoms with Gasteiger partial charge in [0.25, 0.3) is 0 Å².